The highest BCUT2D eigenvalue weighted by Gasteiger charge is 2.28. The Morgan fingerprint density at radius 2 is 2.06 bits per heavy atom. The van der Waals surface area contributed by atoms with Gasteiger partial charge in [0.05, 0.1) is 10.0 Å². The lowest BCUT2D eigenvalue weighted by Crippen LogP contribution is -2.34. The summed E-state index contributed by atoms with van der Waals surface area (Å²) in [5, 5.41) is 4.08. The lowest BCUT2D eigenvalue weighted by atomic mass is 10.1. The van der Waals surface area contributed by atoms with Crippen molar-refractivity contribution in [1.29, 1.82) is 0 Å². The second-order valence-corrected chi connectivity index (χ2v) is 4.76. The molecule has 1 aliphatic carbocycles. The smallest absolute Gasteiger partial charge is 0.239 e. The van der Waals surface area contributed by atoms with E-state index in [1.807, 2.05) is 0 Å². The van der Waals surface area contributed by atoms with Crippen molar-refractivity contribution in [3.63, 3.8) is 0 Å². The van der Waals surface area contributed by atoms with E-state index in [2.05, 4.69) is 5.32 Å². The molecule has 0 spiro atoms. The molecule has 1 atom stereocenters. The van der Waals surface area contributed by atoms with Crippen LogP contribution in [0.4, 0.5) is 0 Å². The first-order chi connectivity index (χ1) is 7.58. The van der Waals surface area contributed by atoms with E-state index < -0.39 is 11.9 Å². The zero-order chi connectivity index (χ0) is 11.7. The molecule has 1 aliphatic rings. The minimum absolute atomic E-state index is 0.395. The van der Waals surface area contributed by atoms with Crippen LogP contribution in [0, 0.1) is 0 Å². The number of amides is 1. The summed E-state index contributed by atoms with van der Waals surface area (Å²) in [6.07, 6.45) is 2.18. The number of rotatable bonds is 4. The number of nitrogens with two attached hydrogens (primary N) is 1. The van der Waals surface area contributed by atoms with E-state index in [1.54, 1.807) is 18.2 Å². The number of primary amides is 1. The van der Waals surface area contributed by atoms with Crippen LogP contribution in [-0.4, -0.2) is 11.9 Å². The largest absolute Gasteiger partial charge is 0.368 e. The molecule has 0 saturated heterocycles. The third-order valence-electron chi connectivity index (χ3n) is 2.54. The minimum Gasteiger partial charge on any atom is -0.368 e. The Kier molecular flexibility index (Phi) is 3.38. The maximum atomic E-state index is 11.3. The molecule has 2 rings (SSSR count). The molecular formula is C11H12Cl2N2O. The SMILES string of the molecule is NC(=O)C(NC1CC1)c1ccc(Cl)c(Cl)c1. The van der Waals surface area contributed by atoms with Gasteiger partial charge < -0.3 is 5.73 Å². The molecule has 0 bridgehead atoms. The third-order valence-corrected chi connectivity index (χ3v) is 3.28. The molecule has 3 N–H and O–H groups in total. The zero-order valence-corrected chi connectivity index (χ0v) is 10.1. The molecular weight excluding hydrogens is 247 g/mol. The fourth-order valence-electron chi connectivity index (χ4n) is 1.52. The summed E-state index contributed by atoms with van der Waals surface area (Å²) >= 11 is 11.7. The highest BCUT2D eigenvalue weighted by atomic mass is 35.5. The summed E-state index contributed by atoms with van der Waals surface area (Å²) in [5.41, 5.74) is 6.11. The summed E-state index contributed by atoms with van der Waals surface area (Å²) < 4.78 is 0. The van der Waals surface area contributed by atoms with E-state index >= 15 is 0 Å². The number of benzene rings is 1. The summed E-state index contributed by atoms with van der Waals surface area (Å²) in [6.45, 7) is 0. The predicted octanol–water partition coefficient (Wildman–Crippen LogP) is 2.27. The van der Waals surface area contributed by atoms with Crippen LogP contribution in [0.1, 0.15) is 24.4 Å². The fraction of sp³-hybridized carbons (Fsp3) is 0.364. The van der Waals surface area contributed by atoms with Crippen molar-refractivity contribution in [3.05, 3.63) is 33.8 Å². The monoisotopic (exact) mass is 258 g/mol. The maximum Gasteiger partial charge on any atom is 0.239 e. The van der Waals surface area contributed by atoms with Gasteiger partial charge in [0.15, 0.2) is 0 Å². The van der Waals surface area contributed by atoms with E-state index in [4.69, 9.17) is 28.9 Å². The van der Waals surface area contributed by atoms with Crippen molar-refractivity contribution >= 4 is 29.1 Å². The number of hydrogen-bond donors (Lipinski definition) is 2. The van der Waals surface area contributed by atoms with Crippen LogP contribution in [0.3, 0.4) is 0 Å². The molecule has 5 heteroatoms. The van der Waals surface area contributed by atoms with Crippen molar-refractivity contribution in [2.24, 2.45) is 5.73 Å². The predicted molar refractivity (Wildman–Crippen MR) is 64.6 cm³/mol. The fourth-order valence-corrected chi connectivity index (χ4v) is 1.83. The van der Waals surface area contributed by atoms with E-state index in [1.165, 1.54) is 0 Å². The van der Waals surface area contributed by atoms with Gasteiger partial charge in [0.1, 0.15) is 6.04 Å². The van der Waals surface area contributed by atoms with Gasteiger partial charge in [-0.05, 0) is 30.5 Å². The van der Waals surface area contributed by atoms with Gasteiger partial charge in [0.2, 0.25) is 5.91 Å². The molecule has 1 aromatic rings. The van der Waals surface area contributed by atoms with Crippen molar-refractivity contribution in [2.45, 2.75) is 24.9 Å². The molecule has 3 nitrogen and oxygen atoms in total. The molecule has 1 unspecified atom stereocenters. The minimum atomic E-state index is -0.484. The lowest BCUT2D eigenvalue weighted by molar-refractivity contribution is -0.120. The van der Waals surface area contributed by atoms with Gasteiger partial charge >= 0.3 is 0 Å². The van der Waals surface area contributed by atoms with Crippen molar-refractivity contribution in [1.82, 2.24) is 5.32 Å². The number of halogens is 2. The normalized spacial score (nSPS) is 17.1. The molecule has 0 aliphatic heterocycles. The Labute approximate surface area is 104 Å². The topological polar surface area (TPSA) is 55.1 Å². The van der Waals surface area contributed by atoms with E-state index in [9.17, 15) is 4.79 Å². The Morgan fingerprint density at radius 1 is 1.38 bits per heavy atom. The van der Waals surface area contributed by atoms with Crippen molar-refractivity contribution in [3.8, 4) is 0 Å². The molecule has 1 amide bonds. The first-order valence-corrected chi connectivity index (χ1v) is 5.84. The van der Waals surface area contributed by atoms with Gasteiger partial charge in [-0.2, -0.15) is 0 Å². The number of nitrogens with one attached hydrogen (secondary N) is 1. The third kappa shape index (κ3) is 2.67. The van der Waals surface area contributed by atoms with E-state index in [0.717, 1.165) is 18.4 Å². The number of carbonyl (C=O) groups excluding carboxylic acids is 1. The van der Waals surface area contributed by atoms with Crippen LogP contribution in [0.25, 0.3) is 0 Å². The summed E-state index contributed by atoms with van der Waals surface area (Å²) in [7, 11) is 0. The van der Waals surface area contributed by atoms with Gasteiger partial charge in [-0.25, -0.2) is 0 Å². The molecule has 86 valence electrons. The Balaban J connectivity index is 2.22. The van der Waals surface area contributed by atoms with Gasteiger partial charge in [-0.15, -0.1) is 0 Å². The number of hydrogen-bond acceptors (Lipinski definition) is 2. The summed E-state index contributed by atoms with van der Waals surface area (Å²) in [4.78, 5) is 11.3. The first-order valence-electron chi connectivity index (χ1n) is 5.08. The van der Waals surface area contributed by atoms with Gasteiger partial charge in [-0.1, -0.05) is 29.3 Å². The van der Waals surface area contributed by atoms with E-state index in [0.29, 0.717) is 16.1 Å². The van der Waals surface area contributed by atoms with Crippen LogP contribution in [0.5, 0.6) is 0 Å². The molecule has 0 radical (unpaired) electrons. The van der Waals surface area contributed by atoms with Crippen molar-refractivity contribution < 1.29 is 4.79 Å². The van der Waals surface area contributed by atoms with Gasteiger partial charge in [0, 0.05) is 6.04 Å². The average Bonchev–Trinajstić information content (AvgIpc) is 3.02. The lowest BCUT2D eigenvalue weighted by Gasteiger charge is -2.15. The highest BCUT2D eigenvalue weighted by Crippen LogP contribution is 2.28. The zero-order valence-electron chi connectivity index (χ0n) is 8.54. The van der Waals surface area contributed by atoms with Crippen LogP contribution in [0.2, 0.25) is 10.0 Å². The van der Waals surface area contributed by atoms with Gasteiger partial charge in [0.25, 0.3) is 0 Å². The molecule has 16 heavy (non-hydrogen) atoms. The quantitative estimate of drug-likeness (QED) is 0.871. The molecule has 0 heterocycles. The second-order valence-electron chi connectivity index (χ2n) is 3.95. The highest BCUT2D eigenvalue weighted by molar-refractivity contribution is 6.42. The van der Waals surface area contributed by atoms with Crippen LogP contribution in [0.15, 0.2) is 18.2 Å². The summed E-state index contributed by atoms with van der Waals surface area (Å²) in [6, 6.07) is 5.02. The average molecular weight is 259 g/mol. The number of carbonyl (C=O) groups is 1. The first kappa shape index (κ1) is 11.7. The van der Waals surface area contributed by atoms with Crippen LogP contribution >= 0.6 is 23.2 Å². The van der Waals surface area contributed by atoms with Crippen molar-refractivity contribution in [2.75, 3.05) is 0 Å². The molecule has 0 aromatic heterocycles. The van der Waals surface area contributed by atoms with Crippen LogP contribution in [-0.2, 0) is 4.79 Å². The Bertz CT molecular complexity index is 418. The summed E-state index contributed by atoms with van der Waals surface area (Å²) in [5.74, 6) is -0.398. The maximum absolute atomic E-state index is 11.3. The second kappa shape index (κ2) is 4.62. The standard InChI is InChI=1S/C11H12Cl2N2O/c12-8-4-1-6(5-9(8)13)10(11(14)16)15-7-2-3-7/h1,4-5,7,10,15H,2-3H2,(H2,14,16). The van der Waals surface area contributed by atoms with E-state index in [-0.39, 0.29) is 0 Å². The molecule has 1 saturated carbocycles. The molecule has 1 aromatic carbocycles. The Hall–Kier alpha value is -0.770. The Morgan fingerprint density at radius 3 is 2.56 bits per heavy atom. The van der Waals surface area contributed by atoms with Crippen LogP contribution < -0.4 is 11.1 Å². The van der Waals surface area contributed by atoms with Gasteiger partial charge in [-0.3, -0.25) is 10.1 Å². The molecule has 1 fully saturated rings.